The van der Waals surface area contributed by atoms with Crippen LogP contribution in [0.15, 0.2) is 21.9 Å². The summed E-state index contributed by atoms with van der Waals surface area (Å²) in [6.07, 6.45) is 7.03. The molecule has 1 aromatic rings. The Bertz CT molecular complexity index is 733. The third-order valence-electron chi connectivity index (χ3n) is 4.22. The molecule has 1 saturated carbocycles. The molecule has 128 valence electrons. The van der Waals surface area contributed by atoms with Gasteiger partial charge >= 0.3 is 0 Å². The first-order chi connectivity index (χ1) is 10.7. The summed E-state index contributed by atoms with van der Waals surface area (Å²) in [4.78, 5) is 11.7. The first kappa shape index (κ1) is 18.6. The largest absolute Gasteiger partial charge is 0.276 e. The molecule has 1 atom stereocenters. The summed E-state index contributed by atoms with van der Waals surface area (Å²) in [5, 5.41) is -0.742. The van der Waals surface area contributed by atoms with Gasteiger partial charge in [0.15, 0.2) is 9.84 Å². The summed E-state index contributed by atoms with van der Waals surface area (Å²) >= 11 is 5.52. The predicted molar refractivity (Wildman–Crippen MR) is 92.4 cm³/mol. The number of carbonyl (C=O) groups excluding carboxylic acids is 1. The van der Waals surface area contributed by atoms with Crippen LogP contribution < -0.4 is 0 Å². The summed E-state index contributed by atoms with van der Waals surface area (Å²) in [6, 6.07) is 2.82. The monoisotopic (exact) mass is 376 g/mol. The van der Waals surface area contributed by atoms with E-state index in [0.717, 1.165) is 44.8 Å². The Balaban J connectivity index is 2.54. The normalized spacial score (nSPS) is 18.4. The Morgan fingerprint density at radius 3 is 2.22 bits per heavy atom. The van der Waals surface area contributed by atoms with E-state index in [0.29, 0.717) is 10.5 Å². The van der Waals surface area contributed by atoms with Crippen molar-refractivity contribution < 1.29 is 17.4 Å². The molecular weight excluding hydrogens is 356 g/mol. The van der Waals surface area contributed by atoms with Crippen molar-refractivity contribution in [1.82, 2.24) is 0 Å². The van der Waals surface area contributed by atoms with Gasteiger partial charge in [-0.15, -0.1) is 0 Å². The Morgan fingerprint density at radius 1 is 1.17 bits per heavy atom. The smallest absolute Gasteiger partial charge is 0.252 e. The molecule has 1 unspecified atom stereocenters. The quantitative estimate of drug-likeness (QED) is 0.594. The summed E-state index contributed by atoms with van der Waals surface area (Å²) in [5.41, 5.74) is 0.697. The number of rotatable bonds is 4. The summed E-state index contributed by atoms with van der Waals surface area (Å²) in [6.45, 7) is 1.68. The second kappa shape index (κ2) is 7.45. The second-order valence-corrected chi connectivity index (χ2v) is 10.1. The van der Waals surface area contributed by atoms with Crippen LogP contribution in [0.3, 0.4) is 0 Å². The average molecular weight is 377 g/mol. The van der Waals surface area contributed by atoms with Crippen molar-refractivity contribution in [2.75, 3.05) is 6.26 Å². The van der Waals surface area contributed by atoms with E-state index < -0.39 is 25.9 Å². The fourth-order valence-corrected chi connectivity index (χ4v) is 6.29. The van der Waals surface area contributed by atoms with Gasteiger partial charge < -0.3 is 0 Å². The van der Waals surface area contributed by atoms with E-state index in [4.69, 9.17) is 11.6 Å². The highest BCUT2D eigenvalue weighted by molar-refractivity contribution is 7.92. The minimum absolute atomic E-state index is 0.0325. The lowest BCUT2D eigenvalue weighted by Crippen LogP contribution is -2.17. The van der Waals surface area contributed by atoms with E-state index in [-0.39, 0.29) is 15.7 Å². The van der Waals surface area contributed by atoms with Crippen molar-refractivity contribution in [2.45, 2.75) is 60.5 Å². The van der Waals surface area contributed by atoms with E-state index in [2.05, 4.69) is 0 Å². The van der Waals surface area contributed by atoms with Crippen LogP contribution in [0.25, 0.3) is 0 Å². The van der Waals surface area contributed by atoms with Gasteiger partial charge in [-0.3, -0.25) is 9.00 Å². The van der Waals surface area contributed by atoms with Gasteiger partial charge in [0.1, 0.15) is 0 Å². The van der Waals surface area contributed by atoms with Gasteiger partial charge in [-0.05, 0) is 49.1 Å². The van der Waals surface area contributed by atoms with Gasteiger partial charge in [0.2, 0.25) is 0 Å². The molecule has 0 amide bonds. The fraction of sp³-hybridized carbons (Fsp3) is 0.562. The van der Waals surface area contributed by atoms with Crippen molar-refractivity contribution in [1.29, 1.82) is 0 Å². The molecule has 0 bridgehead atoms. The zero-order chi connectivity index (χ0) is 17.2. The summed E-state index contributed by atoms with van der Waals surface area (Å²) < 4.78 is 37.2. The number of hydrogen-bond acceptors (Lipinski definition) is 4. The van der Waals surface area contributed by atoms with Crippen LogP contribution >= 0.6 is 11.6 Å². The number of sulfone groups is 1. The van der Waals surface area contributed by atoms with Crippen LogP contribution in [0.2, 0.25) is 0 Å². The number of hydrogen-bond donors (Lipinski definition) is 0. The van der Waals surface area contributed by atoms with E-state index in [1.54, 1.807) is 13.0 Å². The van der Waals surface area contributed by atoms with Crippen LogP contribution in [-0.4, -0.2) is 29.4 Å². The standard InChI is InChI=1S/C16H21ClO4S2/c1-11-9-14(22(19)12-7-5-3-4-6-8-12)15(23(2,20)21)10-13(11)16(17)18/h9-10,12H,3-8H2,1-2H3. The molecule has 23 heavy (non-hydrogen) atoms. The molecule has 0 aromatic heterocycles. The third kappa shape index (κ3) is 4.43. The van der Waals surface area contributed by atoms with Gasteiger partial charge in [-0.25, -0.2) is 8.42 Å². The van der Waals surface area contributed by atoms with Crippen LogP contribution in [0.5, 0.6) is 0 Å². The van der Waals surface area contributed by atoms with Crippen molar-refractivity contribution in [3.63, 3.8) is 0 Å². The van der Waals surface area contributed by atoms with Crippen LogP contribution in [0, 0.1) is 6.92 Å². The predicted octanol–water partition coefficient (Wildman–Crippen LogP) is 3.61. The Hall–Kier alpha value is -0.720. The molecule has 0 N–H and O–H groups in total. The molecule has 1 aliphatic rings. The van der Waals surface area contributed by atoms with E-state index in [1.807, 2.05) is 0 Å². The first-order valence-electron chi connectivity index (χ1n) is 7.67. The van der Waals surface area contributed by atoms with E-state index >= 15 is 0 Å². The average Bonchev–Trinajstić information content (AvgIpc) is 2.73. The highest BCUT2D eigenvalue weighted by Crippen LogP contribution is 2.31. The maximum atomic E-state index is 13.0. The Kier molecular flexibility index (Phi) is 6.03. The minimum Gasteiger partial charge on any atom is -0.276 e. The molecule has 0 heterocycles. The Labute approximate surface area is 145 Å². The topological polar surface area (TPSA) is 68.3 Å². The zero-order valence-corrected chi connectivity index (χ0v) is 15.7. The molecule has 0 spiro atoms. The third-order valence-corrected chi connectivity index (χ3v) is 7.54. The summed E-state index contributed by atoms with van der Waals surface area (Å²) in [7, 11) is -5.01. The maximum Gasteiger partial charge on any atom is 0.252 e. The van der Waals surface area contributed by atoms with Crippen molar-refractivity contribution in [2.24, 2.45) is 0 Å². The lowest BCUT2D eigenvalue weighted by atomic mass is 10.1. The highest BCUT2D eigenvalue weighted by Gasteiger charge is 2.27. The molecule has 0 radical (unpaired) electrons. The first-order valence-corrected chi connectivity index (χ1v) is 11.1. The number of carbonyl (C=O) groups is 1. The van der Waals surface area contributed by atoms with Crippen LogP contribution in [0.1, 0.15) is 54.4 Å². The van der Waals surface area contributed by atoms with E-state index in [1.165, 1.54) is 6.07 Å². The highest BCUT2D eigenvalue weighted by atomic mass is 35.5. The number of aryl methyl sites for hydroxylation is 1. The van der Waals surface area contributed by atoms with Crippen LogP contribution in [-0.2, 0) is 20.6 Å². The minimum atomic E-state index is -3.60. The molecule has 4 nitrogen and oxygen atoms in total. The number of benzene rings is 1. The lowest BCUT2D eigenvalue weighted by Gasteiger charge is -2.17. The molecule has 1 aromatic carbocycles. The van der Waals surface area contributed by atoms with Gasteiger partial charge in [0.25, 0.3) is 5.24 Å². The second-order valence-electron chi connectivity index (χ2n) is 6.07. The van der Waals surface area contributed by atoms with Crippen LogP contribution in [0.4, 0.5) is 0 Å². The molecule has 1 fully saturated rings. The molecule has 7 heteroatoms. The zero-order valence-electron chi connectivity index (χ0n) is 13.3. The maximum absolute atomic E-state index is 13.0. The van der Waals surface area contributed by atoms with Gasteiger partial charge in [-0.2, -0.15) is 0 Å². The lowest BCUT2D eigenvalue weighted by molar-refractivity contribution is 0.108. The van der Waals surface area contributed by atoms with E-state index in [9.17, 15) is 17.4 Å². The number of halogens is 1. The van der Waals surface area contributed by atoms with Gasteiger partial charge in [0.05, 0.1) is 20.6 Å². The van der Waals surface area contributed by atoms with Crippen molar-refractivity contribution in [3.8, 4) is 0 Å². The molecule has 2 rings (SSSR count). The fourth-order valence-electron chi connectivity index (χ4n) is 2.96. The van der Waals surface area contributed by atoms with Gasteiger partial charge in [0, 0.05) is 17.1 Å². The molecule has 0 aliphatic heterocycles. The SMILES string of the molecule is Cc1cc(S(=O)C2CCCCCC2)c(S(C)(=O)=O)cc1C(=O)Cl. The van der Waals surface area contributed by atoms with Crippen molar-refractivity contribution in [3.05, 3.63) is 23.3 Å². The molecule has 0 saturated heterocycles. The summed E-state index contributed by atoms with van der Waals surface area (Å²) in [5.74, 6) is 0. The Morgan fingerprint density at radius 2 is 1.74 bits per heavy atom. The molecular formula is C16H21ClO4S2. The molecule has 1 aliphatic carbocycles. The van der Waals surface area contributed by atoms with Crippen molar-refractivity contribution >= 4 is 37.5 Å². The van der Waals surface area contributed by atoms with Gasteiger partial charge in [-0.1, -0.05) is 25.7 Å².